The molecule has 144 valence electrons. The highest BCUT2D eigenvalue weighted by atomic mass is 32.1. The summed E-state index contributed by atoms with van der Waals surface area (Å²) in [4.78, 5) is 43.7. The number of ketones is 1. The van der Waals surface area contributed by atoms with E-state index in [-0.39, 0.29) is 24.0 Å². The van der Waals surface area contributed by atoms with Crippen LogP contribution in [0.3, 0.4) is 0 Å². The molecule has 0 bridgehead atoms. The maximum absolute atomic E-state index is 12.6. The predicted molar refractivity (Wildman–Crippen MR) is 109 cm³/mol. The van der Waals surface area contributed by atoms with E-state index >= 15 is 0 Å². The third kappa shape index (κ3) is 4.23. The van der Waals surface area contributed by atoms with E-state index in [0.29, 0.717) is 22.9 Å². The van der Waals surface area contributed by atoms with Crippen molar-refractivity contribution in [2.75, 3.05) is 12.4 Å². The lowest BCUT2D eigenvalue weighted by atomic mass is 10.1. The highest BCUT2D eigenvalue weighted by Gasteiger charge is 2.41. The van der Waals surface area contributed by atoms with Crippen LogP contribution in [0.15, 0.2) is 48.8 Å². The monoisotopic (exact) mass is 396 g/mol. The molecule has 0 radical (unpaired) electrons. The van der Waals surface area contributed by atoms with Crippen molar-refractivity contribution in [1.82, 2.24) is 14.8 Å². The summed E-state index contributed by atoms with van der Waals surface area (Å²) in [6.07, 6.45) is 3.35. The summed E-state index contributed by atoms with van der Waals surface area (Å²) in [5.41, 5.74) is 2.03. The molecule has 0 spiro atoms. The molecule has 1 N–H and O–H groups in total. The van der Waals surface area contributed by atoms with E-state index in [1.165, 1.54) is 11.8 Å². The number of pyridine rings is 1. The summed E-state index contributed by atoms with van der Waals surface area (Å²) in [6.45, 7) is 1.88. The number of Topliss-reactive ketones (excluding diaryl/α,β-unsaturated/α-hetero) is 1. The topological polar surface area (TPSA) is 82.6 Å². The van der Waals surface area contributed by atoms with E-state index in [2.05, 4.69) is 10.3 Å². The van der Waals surface area contributed by atoms with E-state index in [1.54, 1.807) is 48.6 Å². The number of amides is 2. The number of anilines is 1. The highest BCUT2D eigenvalue weighted by molar-refractivity contribution is 7.80. The van der Waals surface area contributed by atoms with Crippen LogP contribution < -0.4 is 5.32 Å². The number of likely N-dealkylation sites (N-methyl/N-ethyl adjacent to an activating group) is 1. The molecule has 2 heterocycles. The number of carbonyl (C=O) groups is 3. The Balaban J connectivity index is 1.70. The average molecular weight is 396 g/mol. The second-order valence-electron chi connectivity index (χ2n) is 6.57. The van der Waals surface area contributed by atoms with Gasteiger partial charge in [-0.05, 0) is 55.0 Å². The number of thiocarbonyl (C=S) groups is 1. The summed E-state index contributed by atoms with van der Waals surface area (Å²) in [7, 11) is 1.61. The number of aromatic nitrogens is 1. The number of hydrogen-bond acceptors (Lipinski definition) is 5. The van der Waals surface area contributed by atoms with Gasteiger partial charge in [0.2, 0.25) is 5.91 Å². The zero-order chi connectivity index (χ0) is 20.3. The first-order valence-electron chi connectivity index (χ1n) is 8.74. The van der Waals surface area contributed by atoms with E-state index in [0.717, 1.165) is 5.56 Å². The van der Waals surface area contributed by atoms with Crippen LogP contribution in [0, 0.1) is 0 Å². The minimum absolute atomic E-state index is 0.0297. The molecule has 0 saturated carbocycles. The molecule has 7 nitrogen and oxygen atoms in total. The second-order valence-corrected chi connectivity index (χ2v) is 6.94. The third-order valence-corrected chi connectivity index (χ3v) is 5.06. The van der Waals surface area contributed by atoms with E-state index in [4.69, 9.17) is 12.2 Å². The van der Waals surface area contributed by atoms with Crippen molar-refractivity contribution in [3.05, 3.63) is 59.9 Å². The molecule has 28 heavy (non-hydrogen) atoms. The largest absolute Gasteiger partial charge is 0.332 e. The number of nitrogens with zero attached hydrogens (tertiary/aromatic N) is 3. The van der Waals surface area contributed by atoms with Crippen LogP contribution in [-0.2, 0) is 16.1 Å². The predicted octanol–water partition coefficient (Wildman–Crippen LogP) is 2.24. The van der Waals surface area contributed by atoms with Crippen LogP contribution in [0.2, 0.25) is 0 Å². The second kappa shape index (κ2) is 8.26. The molecule has 8 heteroatoms. The Kier molecular flexibility index (Phi) is 5.79. The van der Waals surface area contributed by atoms with Crippen LogP contribution >= 0.6 is 12.2 Å². The first kappa shape index (κ1) is 19.6. The van der Waals surface area contributed by atoms with Gasteiger partial charge in [-0.15, -0.1) is 0 Å². The SMILES string of the molecule is CC(=O)c1ccc(NC(=O)CC2C(=O)N(C)C(=S)N2Cc2cccnc2)cc1. The van der Waals surface area contributed by atoms with Crippen molar-refractivity contribution in [1.29, 1.82) is 0 Å². The van der Waals surface area contributed by atoms with Gasteiger partial charge in [0.05, 0.1) is 6.42 Å². The molecule has 1 atom stereocenters. The van der Waals surface area contributed by atoms with Gasteiger partial charge in [0.25, 0.3) is 5.91 Å². The summed E-state index contributed by atoms with van der Waals surface area (Å²) >= 11 is 5.38. The van der Waals surface area contributed by atoms with Gasteiger partial charge in [0.15, 0.2) is 10.9 Å². The molecule has 2 aromatic rings. The molecule has 0 aliphatic carbocycles. The lowest BCUT2D eigenvalue weighted by molar-refractivity contribution is -0.130. The smallest absolute Gasteiger partial charge is 0.251 e. The lowest BCUT2D eigenvalue weighted by Gasteiger charge is -2.23. The Morgan fingerprint density at radius 3 is 2.54 bits per heavy atom. The van der Waals surface area contributed by atoms with Crippen molar-refractivity contribution in [3.63, 3.8) is 0 Å². The maximum Gasteiger partial charge on any atom is 0.251 e. The summed E-state index contributed by atoms with van der Waals surface area (Å²) in [5.74, 6) is -0.559. The zero-order valence-corrected chi connectivity index (χ0v) is 16.4. The fourth-order valence-electron chi connectivity index (χ4n) is 3.02. The van der Waals surface area contributed by atoms with Crippen LogP contribution in [-0.4, -0.2) is 50.6 Å². The number of hydrogen-bond donors (Lipinski definition) is 1. The Hall–Kier alpha value is -3.13. The van der Waals surface area contributed by atoms with Crippen LogP contribution in [0.1, 0.15) is 29.3 Å². The van der Waals surface area contributed by atoms with Crippen molar-refractivity contribution in [2.24, 2.45) is 0 Å². The maximum atomic E-state index is 12.6. The van der Waals surface area contributed by atoms with E-state index < -0.39 is 6.04 Å². The van der Waals surface area contributed by atoms with E-state index in [1.807, 2.05) is 12.1 Å². The average Bonchev–Trinajstić information content (AvgIpc) is 2.87. The molecule has 1 aliphatic heterocycles. The lowest BCUT2D eigenvalue weighted by Crippen LogP contribution is -2.37. The van der Waals surface area contributed by atoms with Crippen molar-refractivity contribution < 1.29 is 14.4 Å². The molecular weight excluding hydrogens is 376 g/mol. The highest BCUT2D eigenvalue weighted by Crippen LogP contribution is 2.22. The fraction of sp³-hybridized carbons (Fsp3) is 0.250. The van der Waals surface area contributed by atoms with Crippen molar-refractivity contribution in [3.8, 4) is 0 Å². The quantitative estimate of drug-likeness (QED) is 0.596. The van der Waals surface area contributed by atoms with Gasteiger partial charge >= 0.3 is 0 Å². The first-order chi connectivity index (χ1) is 13.4. The molecule has 1 fully saturated rings. The van der Waals surface area contributed by atoms with Gasteiger partial charge in [-0.25, -0.2) is 0 Å². The molecule has 3 rings (SSSR count). The molecule has 2 amide bonds. The molecule has 1 aliphatic rings. The minimum Gasteiger partial charge on any atom is -0.332 e. The van der Waals surface area contributed by atoms with Gasteiger partial charge in [0.1, 0.15) is 6.04 Å². The first-order valence-corrected chi connectivity index (χ1v) is 9.15. The summed E-state index contributed by atoms with van der Waals surface area (Å²) in [6, 6.07) is 9.66. The van der Waals surface area contributed by atoms with Crippen LogP contribution in [0.4, 0.5) is 5.69 Å². The van der Waals surface area contributed by atoms with Gasteiger partial charge in [0, 0.05) is 37.2 Å². The standard InChI is InChI=1S/C20H20N4O3S/c1-13(25)15-5-7-16(8-6-15)22-18(26)10-17-19(27)23(2)20(28)24(17)12-14-4-3-9-21-11-14/h3-9,11,17H,10,12H2,1-2H3,(H,22,26). The normalized spacial score (nSPS) is 16.4. The fourth-order valence-corrected chi connectivity index (χ4v) is 3.30. The molecule has 1 unspecified atom stereocenters. The minimum atomic E-state index is -0.672. The van der Waals surface area contributed by atoms with Crippen molar-refractivity contribution in [2.45, 2.75) is 25.9 Å². The number of carbonyl (C=O) groups excluding carboxylic acids is 3. The van der Waals surface area contributed by atoms with E-state index in [9.17, 15) is 14.4 Å². The molecular formula is C20H20N4O3S. The number of rotatable bonds is 6. The third-order valence-electron chi connectivity index (χ3n) is 4.55. The Morgan fingerprint density at radius 1 is 1.21 bits per heavy atom. The summed E-state index contributed by atoms with van der Waals surface area (Å²) < 4.78 is 0. The van der Waals surface area contributed by atoms with Gasteiger partial charge < -0.3 is 10.2 Å². The Morgan fingerprint density at radius 2 is 1.93 bits per heavy atom. The zero-order valence-electron chi connectivity index (χ0n) is 15.6. The molecule has 1 saturated heterocycles. The van der Waals surface area contributed by atoms with Crippen LogP contribution in [0.25, 0.3) is 0 Å². The molecule has 1 aromatic heterocycles. The molecule has 1 aromatic carbocycles. The van der Waals surface area contributed by atoms with Gasteiger partial charge in [-0.3, -0.25) is 24.3 Å². The Labute approximate surface area is 168 Å². The van der Waals surface area contributed by atoms with Gasteiger partial charge in [-0.2, -0.15) is 0 Å². The number of nitrogens with one attached hydrogen (secondary N) is 1. The van der Waals surface area contributed by atoms with Crippen molar-refractivity contribution >= 4 is 40.6 Å². The Bertz CT molecular complexity index is 915. The van der Waals surface area contributed by atoms with Crippen LogP contribution in [0.5, 0.6) is 0 Å². The number of benzene rings is 1. The van der Waals surface area contributed by atoms with Gasteiger partial charge in [-0.1, -0.05) is 6.07 Å². The summed E-state index contributed by atoms with van der Waals surface area (Å²) in [5, 5.41) is 3.15.